The first-order chi connectivity index (χ1) is 56.5. The molecule has 0 heterocycles. The molecule has 0 saturated carbocycles. The molecule has 0 bridgehead atoms. The topological polar surface area (TPSA) is 441 Å². The lowest BCUT2D eigenvalue weighted by molar-refractivity contribution is -0.135. The predicted molar refractivity (Wildman–Crippen MR) is 431 cm³/mol. The number of esters is 4. The van der Waals surface area contributed by atoms with E-state index in [-0.39, 0.29) is 94.6 Å². The number of hydrogen-bond donors (Lipinski definition) is 9. The molecule has 0 atom stereocenters. The highest BCUT2D eigenvalue weighted by Crippen LogP contribution is 2.29. The lowest BCUT2D eigenvalue weighted by Gasteiger charge is -2.13. The second-order valence-electron chi connectivity index (χ2n) is 26.1. The van der Waals surface area contributed by atoms with Crippen LogP contribution in [0.2, 0.25) is 0 Å². The molecule has 0 aliphatic carbocycles. The lowest BCUT2D eigenvalue weighted by atomic mass is 10.1. The first-order valence-corrected chi connectivity index (χ1v) is 38.7. The fourth-order valence-corrected chi connectivity index (χ4v) is 10.1. The highest BCUT2D eigenvalue weighted by molar-refractivity contribution is 5.96. The molecule has 0 aliphatic rings. The van der Waals surface area contributed by atoms with Gasteiger partial charge in [-0.3, -0.25) is 14.4 Å². The van der Waals surface area contributed by atoms with Gasteiger partial charge in [-0.1, -0.05) is 65.8 Å². The summed E-state index contributed by atoms with van der Waals surface area (Å²) >= 11 is 0. The fraction of sp³-hybridized carbons (Fsp3) is 0.417. The van der Waals surface area contributed by atoms with Crippen LogP contribution < -0.4 is 76.3 Å². The van der Waals surface area contributed by atoms with Crippen molar-refractivity contribution in [3.8, 4) is 34.5 Å². The van der Waals surface area contributed by atoms with Gasteiger partial charge in [-0.05, 0) is 226 Å². The standard InChI is InChI=1S/C29H38N2O8.C28H37N3O8.C27H34N4O9/c1-7-24(32)38-26-18(3)12-22(13-19(26)4)16-36-28(34)30-10-9-11-31-29(35)37-17-23-14-20(5)27(21(6)15-23)39-25(33)8-2;1-5-12-29-28(35)38-23-10-8-21(9-11-23)17-36-26(33)30-13-7-14-31-27(34)37-18-22-15-19(3)25(20(4)16-22)39-24(32)6-2;1-3-14-28-25(34)38-21-10-6-19(7-11-21)18-37-24(33)30-16-5-17-31-27(36)40-23(32)20-8-12-22(13-9-20)39-26(35)29-15-4-2/h12-15H,7-11,16-17H2,1-6H3,(H,30,34)(H,31,35);8-11,15-16H,5-7,12-14,17-18H2,1-4H3,(H,29,35)(H,30,33)(H,31,34);6-13H,3-5,14-18H2,1-2H3,(H,28,34)(H,29,35)(H,30,33)(H,31,36). The minimum atomic E-state index is -0.942. The third kappa shape index (κ3) is 39.7. The number of alkyl carbamates (subject to hydrolysis) is 6. The molecule has 0 aromatic heterocycles. The van der Waals surface area contributed by atoms with Gasteiger partial charge < -0.3 is 105 Å². The van der Waals surface area contributed by atoms with Gasteiger partial charge in [0.2, 0.25) is 0 Å². The Labute approximate surface area is 686 Å². The van der Waals surface area contributed by atoms with E-state index in [4.69, 9.17) is 56.8 Å². The van der Waals surface area contributed by atoms with Gasteiger partial charge in [-0.2, -0.15) is 0 Å². The van der Waals surface area contributed by atoms with Gasteiger partial charge >= 0.3 is 78.7 Å². The van der Waals surface area contributed by atoms with E-state index in [0.717, 1.165) is 74.9 Å². The summed E-state index contributed by atoms with van der Waals surface area (Å²) in [5.41, 5.74) is 8.58. The van der Waals surface area contributed by atoms with E-state index in [2.05, 4.69) is 47.9 Å². The first-order valence-electron chi connectivity index (χ1n) is 38.7. The monoisotopic (exact) mass is 1640 g/mol. The van der Waals surface area contributed by atoms with Crippen LogP contribution in [0, 0.1) is 41.5 Å². The average Bonchev–Trinajstić information content (AvgIpc) is 0.832. The average molecular weight is 1640 g/mol. The second-order valence-corrected chi connectivity index (χ2v) is 26.1. The van der Waals surface area contributed by atoms with E-state index in [1.165, 1.54) is 24.3 Å². The Bertz CT molecular complexity index is 4130. The third-order valence-corrected chi connectivity index (χ3v) is 15.9. The zero-order valence-corrected chi connectivity index (χ0v) is 68.9. The molecule has 9 N–H and O–H groups in total. The Morgan fingerprint density at radius 3 is 0.712 bits per heavy atom. The highest BCUT2D eigenvalue weighted by atomic mass is 16.6. The highest BCUT2D eigenvalue weighted by Gasteiger charge is 2.19. The van der Waals surface area contributed by atoms with Crippen molar-refractivity contribution in [2.75, 3.05) is 58.9 Å². The maximum absolute atomic E-state index is 12.1. The number of aryl methyl sites for hydroxylation is 6. The molecule has 6 rings (SSSR count). The molecule has 0 radical (unpaired) electrons. The molecule has 0 spiro atoms. The van der Waals surface area contributed by atoms with Crippen LogP contribution in [0.25, 0.3) is 0 Å². The van der Waals surface area contributed by atoms with Crippen molar-refractivity contribution in [1.29, 1.82) is 0 Å². The van der Waals surface area contributed by atoms with Crippen LogP contribution in [0.3, 0.4) is 0 Å². The van der Waals surface area contributed by atoms with E-state index in [1.54, 1.807) is 69.3 Å². The molecular weight excluding hydrogens is 1530 g/mol. The Balaban J connectivity index is 0.000000372. The van der Waals surface area contributed by atoms with Crippen LogP contribution in [0.1, 0.15) is 171 Å². The largest absolute Gasteiger partial charge is 0.445 e. The van der Waals surface area contributed by atoms with E-state index in [9.17, 15) is 62.3 Å². The van der Waals surface area contributed by atoms with Crippen molar-refractivity contribution < 1.29 is 119 Å². The summed E-state index contributed by atoms with van der Waals surface area (Å²) in [4.78, 5) is 153. The van der Waals surface area contributed by atoms with Crippen LogP contribution in [0.4, 0.5) is 43.2 Å². The van der Waals surface area contributed by atoms with Crippen LogP contribution >= 0.6 is 0 Å². The predicted octanol–water partition coefficient (Wildman–Crippen LogP) is 13.6. The van der Waals surface area contributed by atoms with Crippen LogP contribution in [0.5, 0.6) is 34.5 Å². The summed E-state index contributed by atoms with van der Waals surface area (Å²) < 4.78 is 62.1. The quantitative estimate of drug-likeness (QED) is 0.00571. The molecule has 0 fully saturated rings. The van der Waals surface area contributed by atoms with Gasteiger partial charge in [-0.15, -0.1) is 0 Å². The Morgan fingerprint density at radius 2 is 0.475 bits per heavy atom. The van der Waals surface area contributed by atoms with Gasteiger partial charge in [0.25, 0.3) is 0 Å². The summed E-state index contributed by atoms with van der Waals surface area (Å²) in [6.45, 7) is 25.3. The van der Waals surface area contributed by atoms with E-state index < -0.39 is 60.8 Å². The maximum Gasteiger partial charge on any atom is 0.415 e. The molecule has 0 unspecified atom stereocenters. The molecule has 34 nitrogen and oxygen atoms in total. The van der Waals surface area contributed by atoms with Crippen molar-refractivity contribution >= 4 is 78.7 Å². The zero-order valence-electron chi connectivity index (χ0n) is 68.9. The van der Waals surface area contributed by atoms with E-state index in [1.807, 2.05) is 98.7 Å². The smallest absolute Gasteiger partial charge is 0.415 e. The van der Waals surface area contributed by atoms with E-state index >= 15 is 0 Å². The number of nitrogens with one attached hydrogen (secondary N) is 9. The fourth-order valence-electron chi connectivity index (χ4n) is 10.1. The van der Waals surface area contributed by atoms with Crippen molar-refractivity contribution in [2.45, 2.75) is 174 Å². The minimum Gasteiger partial charge on any atom is -0.445 e. The summed E-state index contributed by atoms with van der Waals surface area (Å²) in [6, 6.07) is 29.6. The Hall–Kier alpha value is -13.2. The minimum absolute atomic E-state index is 0.0139. The van der Waals surface area contributed by atoms with Crippen molar-refractivity contribution in [3.05, 3.63) is 176 Å². The van der Waals surface area contributed by atoms with Crippen molar-refractivity contribution in [1.82, 2.24) is 47.9 Å². The molecule has 0 saturated heterocycles. The van der Waals surface area contributed by atoms with Gasteiger partial charge in [0, 0.05) is 78.2 Å². The number of ether oxygens (including phenoxy) is 12. The molecule has 34 heteroatoms. The normalized spacial score (nSPS) is 10.2. The summed E-state index contributed by atoms with van der Waals surface area (Å²) in [7, 11) is 0. The van der Waals surface area contributed by atoms with Gasteiger partial charge in [-0.25, -0.2) is 47.9 Å². The van der Waals surface area contributed by atoms with Crippen LogP contribution in [-0.4, -0.2) is 138 Å². The molecule has 6 aromatic rings. The number of amides is 9. The maximum atomic E-state index is 12.1. The van der Waals surface area contributed by atoms with Gasteiger partial charge in [0.1, 0.15) is 67.5 Å². The number of carbonyl (C=O) groups is 13. The number of hydrogen-bond acceptors (Lipinski definition) is 25. The second kappa shape index (κ2) is 54.6. The molecule has 118 heavy (non-hydrogen) atoms. The summed E-state index contributed by atoms with van der Waals surface area (Å²) in [5.74, 6) is 0.776. The zero-order chi connectivity index (χ0) is 86.7. The summed E-state index contributed by atoms with van der Waals surface area (Å²) in [6.07, 6.45) is -1.01. The lowest BCUT2D eigenvalue weighted by Crippen LogP contribution is -2.31. The number of rotatable bonds is 38. The van der Waals surface area contributed by atoms with Crippen molar-refractivity contribution in [3.63, 3.8) is 0 Å². The summed E-state index contributed by atoms with van der Waals surface area (Å²) in [5, 5.41) is 23.2. The number of benzene rings is 6. The molecule has 0 aliphatic heterocycles. The van der Waals surface area contributed by atoms with Crippen molar-refractivity contribution in [2.24, 2.45) is 0 Å². The molecule has 640 valence electrons. The Kier molecular flexibility index (Phi) is 45.0. The first kappa shape index (κ1) is 97.2. The Morgan fingerprint density at radius 1 is 0.254 bits per heavy atom. The van der Waals surface area contributed by atoms with Crippen LogP contribution in [-0.2, 0) is 75.8 Å². The van der Waals surface area contributed by atoms with E-state index in [0.29, 0.717) is 99.4 Å². The molecule has 9 amide bonds. The van der Waals surface area contributed by atoms with Gasteiger partial charge in [0.05, 0.1) is 5.56 Å². The van der Waals surface area contributed by atoms with Gasteiger partial charge in [0.15, 0.2) is 0 Å². The SMILES string of the molecule is CCC(=O)Oc1c(C)cc(COC(=O)NCCCNC(=O)OCc2cc(C)c(OC(=O)CC)c(C)c2)cc1C.CCCNC(=O)Oc1ccc(COC(=O)NCCCNC(=O)OC(=O)c2ccc(OC(=O)NCCC)cc2)cc1.CCCNC(=O)Oc1ccc(COC(=O)NCCCNC(=O)OCc2cc(C)c(OC(=O)CC)c(C)c2)cc1. The number of carbonyl (C=O) groups excluding carboxylic acids is 13. The van der Waals surface area contributed by atoms with Crippen LogP contribution in [0.15, 0.2) is 109 Å². The molecule has 6 aromatic carbocycles. The molecular formula is C84H109N9O25. The third-order valence-electron chi connectivity index (χ3n) is 15.9.